The first-order valence-electron chi connectivity index (χ1n) is 8.52. The van der Waals surface area contributed by atoms with E-state index < -0.39 is 0 Å². The first kappa shape index (κ1) is 19.8. The number of methoxy groups -OCH3 is 1. The predicted octanol–water partition coefficient (Wildman–Crippen LogP) is 6.65. The zero-order valence-electron chi connectivity index (χ0n) is 15.2. The van der Waals surface area contributed by atoms with Crippen molar-refractivity contribution in [2.75, 3.05) is 7.11 Å². The van der Waals surface area contributed by atoms with Crippen LogP contribution in [0.5, 0.6) is 11.5 Å². The van der Waals surface area contributed by atoms with Crippen LogP contribution in [0.25, 0.3) is 11.6 Å². The van der Waals surface area contributed by atoms with Gasteiger partial charge in [-0.25, -0.2) is 0 Å². The highest BCUT2D eigenvalue weighted by Gasteiger charge is 2.08. The largest absolute Gasteiger partial charge is 0.493 e. The first-order valence-corrected chi connectivity index (χ1v) is 9.28. The van der Waals surface area contributed by atoms with Gasteiger partial charge in [0.15, 0.2) is 11.5 Å². The number of benzene rings is 3. The SMILES string of the molecule is COc1cc(/C=C(/C#N)c2ccc(Cl)cc2)ccc1OCc1ccccc1Cl. The Morgan fingerprint density at radius 1 is 1.00 bits per heavy atom. The fourth-order valence-corrected chi connectivity index (χ4v) is 2.96. The fourth-order valence-electron chi connectivity index (χ4n) is 2.64. The maximum Gasteiger partial charge on any atom is 0.161 e. The lowest BCUT2D eigenvalue weighted by molar-refractivity contribution is 0.284. The Labute approximate surface area is 174 Å². The summed E-state index contributed by atoms with van der Waals surface area (Å²) in [7, 11) is 1.58. The molecule has 0 saturated heterocycles. The van der Waals surface area contributed by atoms with Gasteiger partial charge in [0, 0.05) is 15.6 Å². The molecule has 0 saturated carbocycles. The highest BCUT2D eigenvalue weighted by Crippen LogP contribution is 2.31. The normalized spacial score (nSPS) is 11.0. The third-order valence-corrected chi connectivity index (χ3v) is 4.74. The molecule has 28 heavy (non-hydrogen) atoms. The lowest BCUT2D eigenvalue weighted by Crippen LogP contribution is -1.98. The molecule has 0 fully saturated rings. The number of halogens is 2. The average Bonchev–Trinajstić information content (AvgIpc) is 2.72. The zero-order valence-corrected chi connectivity index (χ0v) is 16.7. The molecule has 0 radical (unpaired) electrons. The molecular weight excluding hydrogens is 393 g/mol. The van der Waals surface area contributed by atoms with Crippen molar-refractivity contribution in [1.82, 2.24) is 0 Å². The Hall–Kier alpha value is -2.93. The summed E-state index contributed by atoms with van der Waals surface area (Å²) in [4.78, 5) is 0. The van der Waals surface area contributed by atoms with E-state index in [4.69, 9.17) is 32.7 Å². The van der Waals surface area contributed by atoms with Crippen molar-refractivity contribution in [3.8, 4) is 17.6 Å². The summed E-state index contributed by atoms with van der Waals surface area (Å²) < 4.78 is 11.3. The molecule has 3 aromatic rings. The van der Waals surface area contributed by atoms with Gasteiger partial charge in [-0.2, -0.15) is 5.26 Å². The van der Waals surface area contributed by atoms with E-state index in [1.807, 2.05) is 54.6 Å². The Bertz CT molecular complexity index is 1040. The second-order valence-corrected chi connectivity index (χ2v) is 6.81. The second-order valence-electron chi connectivity index (χ2n) is 5.97. The van der Waals surface area contributed by atoms with Crippen LogP contribution < -0.4 is 9.47 Å². The molecule has 0 aromatic heterocycles. The first-order chi connectivity index (χ1) is 13.6. The van der Waals surface area contributed by atoms with Gasteiger partial charge in [-0.05, 0) is 47.5 Å². The Morgan fingerprint density at radius 3 is 2.43 bits per heavy atom. The monoisotopic (exact) mass is 409 g/mol. The van der Waals surface area contributed by atoms with Gasteiger partial charge in [0.25, 0.3) is 0 Å². The van der Waals surface area contributed by atoms with Crippen molar-refractivity contribution in [2.45, 2.75) is 6.61 Å². The van der Waals surface area contributed by atoms with Crippen LogP contribution in [-0.4, -0.2) is 7.11 Å². The number of hydrogen-bond acceptors (Lipinski definition) is 3. The number of nitrogens with zero attached hydrogens (tertiary/aromatic N) is 1. The molecule has 0 atom stereocenters. The molecular formula is C23H17Cl2NO2. The van der Waals surface area contributed by atoms with Crippen molar-refractivity contribution in [3.05, 3.63) is 93.5 Å². The van der Waals surface area contributed by atoms with Crippen LogP contribution in [0.4, 0.5) is 0 Å². The third-order valence-electron chi connectivity index (χ3n) is 4.12. The van der Waals surface area contributed by atoms with E-state index in [9.17, 15) is 5.26 Å². The van der Waals surface area contributed by atoms with Gasteiger partial charge in [0.05, 0.1) is 18.8 Å². The lowest BCUT2D eigenvalue weighted by atomic mass is 10.0. The second kappa shape index (κ2) is 9.32. The number of ether oxygens (including phenoxy) is 2. The topological polar surface area (TPSA) is 42.2 Å². The van der Waals surface area contributed by atoms with Gasteiger partial charge in [0.2, 0.25) is 0 Å². The van der Waals surface area contributed by atoms with E-state index in [1.54, 1.807) is 25.3 Å². The van der Waals surface area contributed by atoms with Crippen molar-refractivity contribution >= 4 is 34.9 Å². The Balaban J connectivity index is 1.83. The average molecular weight is 410 g/mol. The number of rotatable bonds is 6. The minimum absolute atomic E-state index is 0.333. The minimum Gasteiger partial charge on any atom is -0.493 e. The van der Waals surface area contributed by atoms with Crippen molar-refractivity contribution in [2.24, 2.45) is 0 Å². The number of hydrogen-bond donors (Lipinski definition) is 0. The van der Waals surface area contributed by atoms with Gasteiger partial charge in [0.1, 0.15) is 6.61 Å². The van der Waals surface area contributed by atoms with E-state index in [0.717, 1.165) is 16.7 Å². The van der Waals surface area contributed by atoms with Crippen molar-refractivity contribution in [3.63, 3.8) is 0 Å². The summed E-state index contributed by atoms with van der Waals surface area (Å²) in [5.74, 6) is 1.18. The molecule has 3 rings (SSSR count). The third kappa shape index (κ3) is 4.86. The highest BCUT2D eigenvalue weighted by atomic mass is 35.5. The highest BCUT2D eigenvalue weighted by molar-refractivity contribution is 6.31. The number of nitriles is 1. The van der Waals surface area contributed by atoms with Crippen LogP contribution in [-0.2, 0) is 6.61 Å². The molecule has 140 valence electrons. The fraction of sp³-hybridized carbons (Fsp3) is 0.0870. The molecule has 0 N–H and O–H groups in total. The summed E-state index contributed by atoms with van der Waals surface area (Å²) in [5.41, 5.74) is 3.05. The lowest BCUT2D eigenvalue weighted by Gasteiger charge is -2.12. The van der Waals surface area contributed by atoms with Crippen LogP contribution in [0, 0.1) is 11.3 Å². The summed E-state index contributed by atoms with van der Waals surface area (Å²) >= 11 is 12.1. The molecule has 0 aliphatic carbocycles. The zero-order chi connectivity index (χ0) is 19.9. The van der Waals surface area contributed by atoms with Crippen LogP contribution in [0.3, 0.4) is 0 Å². The molecule has 3 nitrogen and oxygen atoms in total. The van der Waals surface area contributed by atoms with Crippen molar-refractivity contribution in [1.29, 1.82) is 5.26 Å². The summed E-state index contributed by atoms with van der Waals surface area (Å²) in [6.07, 6.45) is 1.80. The van der Waals surface area contributed by atoms with Gasteiger partial charge < -0.3 is 9.47 Å². The van der Waals surface area contributed by atoms with E-state index in [0.29, 0.717) is 33.7 Å². The summed E-state index contributed by atoms with van der Waals surface area (Å²) in [6.45, 7) is 0.333. The number of allylic oxidation sites excluding steroid dienone is 1. The molecule has 0 spiro atoms. The van der Waals surface area contributed by atoms with Crippen LogP contribution >= 0.6 is 23.2 Å². The van der Waals surface area contributed by atoms with E-state index in [1.165, 1.54) is 0 Å². The van der Waals surface area contributed by atoms with Crippen LogP contribution in [0.15, 0.2) is 66.7 Å². The molecule has 0 aliphatic rings. The summed E-state index contributed by atoms with van der Waals surface area (Å²) in [5, 5.41) is 10.8. The van der Waals surface area contributed by atoms with Crippen LogP contribution in [0.1, 0.15) is 16.7 Å². The van der Waals surface area contributed by atoms with Crippen molar-refractivity contribution < 1.29 is 9.47 Å². The molecule has 3 aromatic carbocycles. The standard InChI is InChI=1S/C23H17Cl2NO2/c1-27-23-13-16(12-19(14-26)17-7-9-20(24)10-8-17)6-11-22(23)28-15-18-4-2-3-5-21(18)25/h2-13H,15H2,1H3/b19-12-. The maximum absolute atomic E-state index is 9.51. The molecule has 0 amide bonds. The quantitative estimate of drug-likeness (QED) is 0.338. The molecule has 0 unspecified atom stereocenters. The van der Waals surface area contributed by atoms with E-state index >= 15 is 0 Å². The van der Waals surface area contributed by atoms with Gasteiger partial charge in [-0.3, -0.25) is 0 Å². The molecule has 0 aliphatic heterocycles. The Kier molecular flexibility index (Phi) is 6.60. The predicted molar refractivity (Wildman–Crippen MR) is 114 cm³/mol. The van der Waals surface area contributed by atoms with Crippen LogP contribution in [0.2, 0.25) is 10.0 Å². The minimum atomic E-state index is 0.333. The molecule has 5 heteroatoms. The smallest absolute Gasteiger partial charge is 0.161 e. The molecule has 0 bridgehead atoms. The van der Waals surface area contributed by atoms with Gasteiger partial charge >= 0.3 is 0 Å². The summed E-state index contributed by atoms with van der Waals surface area (Å²) in [6, 6.07) is 22.4. The van der Waals surface area contributed by atoms with Gasteiger partial charge in [-0.1, -0.05) is 59.6 Å². The van der Waals surface area contributed by atoms with E-state index in [-0.39, 0.29) is 0 Å². The maximum atomic E-state index is 9.51. The van der Waals surface area contributed by atoms with E-state index in [2.05, 4.69) is 6.07 Å². The molecule has 0 heterocycles. The Morgan fingerprint density at radius 2 is 1.75 bits per heavy atom. The van der Waals surface area contributed by atoms with Gasteiger partial charge in [-0.15, -0.1) is 0 Å².